The van der Waals surface area contributed by atoms with E-state index < -0.39 is 6.36 Å². The largest absolute Gasteiger partial charge is 0.573 e. The molecule has 16 heavy (non-hydrogen) atoms. The molecule has 0 aliphatic heterocycles. The van der Waals surface area contributed by atoms with Gasteiger partial charge in [-0.15, -0.1) is 13.2 Å². The second-order valence-electron chi connectivity index (χ2n) is 3.06. The highest BCUT2D eigenvalue weighted by Crippen LogP contribution is 2.30. The molecule has 0 aliphatic rings. The Labute approximate surface area is 96.7 Å². The van der Waals surface area contributed by atoms with Gasteiger partial charge < -0.3 is 9.72 Å². The molecular formula is C9H6BrF3N2O. The lowest BCUT2D eigenvalue weighted by atomic mass is 10.2. The average Bonchev–Trinajstić information content (AvgIpc) is 2.60. The number of aromatic amines is 1. The number of alkyl halides is 4. The maximum Gasteiger partial charge on any atom is 0.573 e. The quantitative estimate of drug-likeness (QED) is 0.863. The monoisotopic (exact) mass is 294 g/mol. The van der Waals surface area contributed by atoms with Crippen molar-refractivity contribution < 1.29 is 17.9 Å². The van der Waals surface area contributed by atoms with Gasteiger partial charge in [0.25, 0.3) is 0 Å². The van der Waals surface area contributed by atoms with Gasteiger partial charge in [-0.25, -0.2) is 4.98 Å². The van der Waals surface area contributed by atoms with Crippen molar-refractivity contribution in [3.8, 4) is 5.75 Å². The Balaban J connectivity index is 2.48. The number of benzene rings is 1. The molecule has 0 aliphatic carbocycles. The van der Waals surface area contributed by atoms with E-state index in [1.807, 2.05) is 0 Å². The smallest absolute Gasteiger partial charge is 0.405 e. The summed E-state index contributed by atoms with van der Waals surface area (Å²) in [5.41, 5.74) is 1.52. The van der Waals surface area contributed by atoms with Crippen molar-refractivity contribution in [2.75, 3.05) is 0 Å². The number of fused-ring (bicyclic) bond motifs is 1. The molecule has 1 aromatic carbocycles. The molecule has 0 saturated heterocycles. The second kappa shape index (κ2) is 3.97. The number of aromatic nitrogens is 2. The van der Waals surface area contributed by atoms with Crippen LogP contribution < -0.4 is 4.74 Å². The summed E-state index contributed by atoms with van der Waals surface area (Å²) in [6.45, 7) is 0. The van der Waals surface area contributed by atoms with Crippen LogP contribution in [0.5, 0.6) is 5.75 Å². The third-order valence-electron chi connectivity index (χ3n) is 1.97. The number of nitrogens with one attached hydrogen (secondary N) is 1. The standard InChI is InChI=1S/C9H6BrF3N2O/c10-3-5-1-6-7(15-4-14-6)2-8(5)16-9(11,12)13/h1-2,4H,3H2,(H,14,15). The van der Waals surface area contributed by atoms with Crippen LogP contribution >= 0.6 is 15.9 Å². The van der Waals surface area contributed by atoms with Gasteiger partial charge in [-0.1, -0.05) is 15.9 Å². The average molecular weight is 295 g/mol. The molecule has 0 spiro atoms. The van der Waals surface area contributed by atoms with Crippen molar-refractivity contribution in [2.24, 2.45) is 0 Å². The summed E-state index contributed by atoms with van der Waals surface area (Å²) < 4.78 is 40.3. The minimum absolute atomic E-state index is 0.232. The maximum atomic E-state index is 12.1. The number of ether oxygens (including phenoxy) is 1. The Bertz CT molecular complexity index is 509. The molecule has 1 heterocycles. The van der Waals surface area contributed by atoms with Crippen LogP contribution in [-0.4, -0.2) is 16.3 Å². The predicted octanol–water partition coefficient (Wildman–Crippen LogP) is 3.36. The molecule has 2 aromatic rings. The molecule has 0 bridgehead atoms. The lowest BCUT2D eigenvalue weighted by Gasteiger charge is -2.11. The molecule has 0 radical (unpaired) electrons. The number of rotatable bonds is 2. The number of hydrogen-bond acceptors (Lipinski definition) is 2. The topological polar surface area (TPSA) is 37.9 Å². The lowest BCUT2D eigenvalue weighted by molar-refractivity contribution is -0.274. The fraction of sp³-hybridized carbons (Fsp3) is 0.222. The maximum absolute atomic E-state index is 12.1. The fourth-order valence-electron chi connectivity index (χ4n) is 1.33. The molecule has 3 nitrogen and oxygen atoms in total. The normalized spacial score (nSPS) is 12.0. The highest BCUT2D eigenvalue weighted by molar-refractivity contribution is 9.08. The summed E-state index contributed by atoms with van der Waals surface area (Å²) in [5, 5.41) is 0.271. The van der Waals surface area contributed by atoms with Crippen LogP contribution in [0.1, 0.15) is 5.56 Å². The van der Waals surface area contributed by atoms with Crippen LogP contribution in [0.25, 0.3) is 11.0 Å². The Kier molecular flexibility index (Phi) is 2.79. The summed E-state index contributed by atoms with van der Waals surface area (Å²) in [6, 6.07) is 2.83. The first-order valence-electron chi connectivity index (χ1n) is 4.27. The number of hydrogen-bond donors (Lipinski definition) is 1. The molecule has 2 rings (SSSR count). The predicted molar refractivity (Wildman–Crippen MR) is 55.4 cm³/mol. The molecule has 1 N–H and O–H groups in total. The van der Waals surface area contributed by atoms with E-state index in [-0.39, 0.29) is 11.1 Å². The van der Waals surface area contributed by atoms with E-state index in [1.165, 1.54) is 12.4 Å². The first kappa shape index (κ1) is 11.3. The summed E-state index contributed by atoms with van der Waals surface area (Å²) in [7, 11) is 0. The van der Waals surface area contributed by atoms with Crippen LogP contribution in [0.4, 0.5) is 13.2 Å². The Hall–Kier alpha value is -1.24. The summed E-state index contributed by atoms with van der Waals surface area (Å²) in [5.74, 6) is -0.232. The summed E-state index contributed by atoms with van der Waals surface area (Å²) in [6.07, 6.45) is -3.28. The number of imidazole rings is 1. The zero-order chi connectivity index (χ0) is 11.8. The van der Waals surface area contributed by atoms with Crippen LogP contribution in [0.15, 0.2) is 18.5 Å². The van der Waals surface area contributed by atoms with Crippen molar-refractivity contribution in [3.05, 3.63) is 24.0 Å². The van der Waals surface area contributed by atoms with E-state index in [1.54, 1.807) is 6.07 Å². The molecule has 0 fully saturated rings. The summed E-state index contributed by atoms with van der Waals surface area (Å²) >= 11 is 3.11. The van der Waals surface area contributed by atoms with E-state index in [9.17, 15) is 13.2 Å². The third-order valence-corrected chi connectivity index (χ3v) is 2.58. The molecular weight excluding hydrogens is 289 g/mol. The van der Waals surface area contributed by atoms with Crippen molar-refractivity contribution in [1.82, 2.24) is 9.97 Å². The van der Waals surface area contributed by atoms with Gasteiger partial charge >= 0.3 is 6.36 Å². The zero-order valence-electron chi connectivity index (χ0n) is 7.81. The Morgan fingerprint density at radius 1 is 1.38 bits per heavy atom. The minimum atomic E-state index is -4.69. The van der Waals surface area contributed by atoms with Gasteiger partial charge in [-0.2, -0.15) is 0 Å². The third kappa shape index (κ3) is 2.29. The first-order chi connectivity index (χ1) is 7.49. The lowest BCUT2D eigenvalue weighted by Crippen LogP contribution is -2.18. The van der Waals surface area contributed by atoms with Gasteiger partial charge in [0, 0.05) is 17.0 Å². The van der Waals surface area contributed by atoms with Crippen molar-refractivity contribution in [1.29, 1.82) is 0 Å². The van der Waals surface area contributed by atoms with E-state index in [0.717, 1.165) is 0 Å². The van der Waals surface area contributed by atoms with E-state index in [4.69, 9.17) is 0 Å². The minimum Gasteiger partial charge on any atom is -0.405 e. The van der Waals surface area contributed by atoms with Gasteiger partial charge in [0.2, 0.25) is 0 Å². The molecule has 0 amide bonds. The van der Waals surface area contributed by atoms with Crippen LogP contribution in [0.3, 0.4) is 0 Å². The van der Waals surface area contributed by atoms with Crippen LogP contribution in [0.2, 0.25) is 0 Å². The van der Waals surface area contributed by atoms with E-state index in [0.29, 0.717) is 16.6 Å². The van der Waals surface area contributed by atoms with E-state index >= 15 is 0 Å². The number of nitrogens with zero attached hydrogens (tertiary/aromatic N) is 1. The van der Waals surface area contributed by atoms with E-state index in [2.05, 4.69) is 30.6 Å². The molecule has 86 valence electrons. The van der Waals surface area contributed by atoms with Gasteiger partial charge in [-0.3, -0.25) is 0 Å². The van der Waals surface area contributed by atoms with Gasteiger partial charge in [0.1, 0.15) is 5.75 Å². The van der Waals surface area contributed by atoms with Gasteiger partial charge in [0.15, 0.2) is 0 Å². The molecule has 0 unspecified atom stereocenters. The van der Waals surface area contributed by atoms with Crippen LogP contribution in [0, 0.1) is 0 Å². The second-order valence-corrected chi connectivity index (χ2v) is 3.62. The number of halogens is 4. The fourth-order valence-corrected chi connectivity index (χ4v) is 1.77. The zero-order valence-corrected chi connectivity index (χ0v) is 9.39. The first-order valence-corrected chi connectivity index (χ1v) is 5.39. The number of H-pyrrole nitrogens is 1. The van der Waals surface area contributed by atoms with Gasteiger partial charge in [0.05, 0.1) is 17.4 Å². The van der Waals surface area contributed by atoms with Crippen molar-refractivity contribution in [3.63, 3.8) is 0 Å². The van der Waals surface area contributed by atoms with Crippen LogP contribution in [-0.2, 0) is 5.33 Å². The van der Waals surface area contributed by atoms with Crippen molar-refractivity contribution in [2.45, 2.75) is 11.7 Å². The highest BCUT2D eigenvalue weighted by Gasteiger charge is 2.32. The molecule has 0 saturated carbocycles. The molecule has 1 aromatic heterocycles. The molecule has 7 heteroatoms. The van der Waals surface area contributed by atoms with Crippen molar-refractivity contribution >= 4 is 27.0 Å². The summed E-state index contributed by atoms with van der Waals surface area (Å²) in [4.78, 5) is 6.68. The molecule has 0 atom stereocenters. The SMILES string of the molecule is FC(F)(F)Oc1cc2nc[nH]c2cc1CBr. The Morgan fingerprint density at radius 3 is 2.75 bits per heavy atom. The highest BCUT2D eigenvalue weighted by atomic mass is 79.9. The Morgan fingerprint density at radius 2 is 2.12 bits per heavy atom. The van der Waals surface area contributed by atoms with Gasteiger partial charge in [-0.05, 0) is 6.07 Å².